The van der Waals surface area contributed by atoms with Crippen LogP contribution in [-0.2, 0) is 16.0 Å². The van der Waals surface area contributed by atoms with Crippen LogP contribution in [0.2, 0.25) is 0 Å². The minimum atomic E-state index is -0.495. The molecule has 2 aromatic carbocycles. The van der Waals surface area contributed by atoms with Crippen molar-refractivity contribution in [1.29, 1.82) is 5.26 Å². The molecule has 0 bridgehead atoms. The van der Waals surface area contributed by atoms with E-state index in [4.69, 9.17) is 0 Å². The van der Waals surface area contributed by atoms with Crippen molar-refractivity contribution in [1.82, 2.24) is 5.32 Å². The zero-order chi connectivity index (χ0) is 20.3. The maximum absolute atomic E-state index is 13.2. The van der Waals surface area contributed by atoms with E-state index in [1.54, 1.807) is 12.1 Å². The van der Waals surface area contributed by atoms with E-state index < -0.39 is 11.2 Å². The van der Waals surface area contributed by atoms with Crippen LogP contribution in [0, 0.1) is 25.2 Å². The number of aryl methyl sites for hydroxylation is 2. The van der Waals surface area contributed by atoms with E-state index in [9.17, 15) is 14.9 Å². The number of amides is 2. The van der Waals surface area contributed by atoms with Crippen LogP contribution in [0.1, 0.15) is 16.7 Å². The Kier molecular flexibility index (Phi) is 5.86. The molecule has 1 N–H and O–H groups in total. The summed E-state index contributed by atoms with van der Waals surface area (Å²) in [6, 6.07) is 17.2. The van der Waals surface area contributed by atoms with Gasteiger partial charge in [-0.25, -0.2) is 0 Å². The average Bonchev–Trinajstić information content (AvgIpc) is 3.01. The van der Waals surface area contributed by atoms with Gasteiger partial charge in [-0.2, -0.15) is 5.26 Å². The third-order valence-corrected chi connectivity index (χ3v) is 6.00. The molecule has 1 heterocycles. The smallest absolute Gasteiger partial charge is 0.264 e. The van der Waals surface area contributed by atoms with Crippen molar-refractivity contribution in [3.8, 4) is 6.07 Å². The van der Waals surface area contributed by atoms with Gasteiger partial charge in [0.15, 0.2) is 0 Å². The van der Waals surface area contributed by atoms with Gasteiger partial charge in [0, 0.05) is 12.7 Å². The zero-order valence-electron chi connectivity index (χ0n) is 16.0. The van der Waals surface area contributed by atoms with Gasteiger partial charge in [0.2, 0.25) is 5.91 Å². The van der Waals surface area contributed by atoms with E-state index in [-0.39, 0.29) is 11.5 Å². The lowest BCUT2D eigenvalue weighted by atomic mass is 10.0. The number of rotatable bonds is 4. The van der Waals surface area contributed by atoms with Crippen LogP contribution < -0.4 is 10.2 Å². The van der Waals surface area contributed by atoms with Crippen molar-refractivity contribution >= 4 is 29.3 Å². The minimum Gasteiger partial charge on any atom is -0.354 e. The fourth-order valence-electron chi connectivity index (χ4n) is 3.07. The number of likely N-dealkylation sites (N-methyl/N-ethyl adjacent to an activating group) is 1. The first-order chi connectivity index (χ1) is 13.5. The van der Waals surface area contributed by atoms with Crippen LogP contribution in [0.4, 0.5) is 5.69 Å². The molecule has 0 radical (unpaired) electrons. The van der Waals surface area contributed by atoms with Crippen molar-refractivity contribution in [2.24, 2.45) is 0 Å². The van der Waals surface area contributed by atoms with Crippen LogP contribution in [0.5, 0.6) is 0 Å². The van der Waals surface area contributed by atoms with E-state index in [1.807, 2.05) is 43.3 Å². The molecule has 5 nitrogen and oxygen atoms in total. The number of benzene rings is 2. The molecule has 1 aliphatic rings. The molecule has 2 amide bonds. The molecule has 1 saturated heterocycles. The van der Waals surface area contributed by atoms with Gasteiger partial charge in [-0.15, -0.1) is 0 Å². The van der Waals surface area contributed by atoms with E-state index >= 15 is 0 Å². The highest BCUT2D eigenvalue weighted by atomic mass is 32.2. The van der Waals surface area contributed by atoms with Crippen LogP contribution >= 0.6 is 11.8 Å². The van der Waals surface area contributed by atoms with E-state index in [1.165, 1.54) is 34.8 Å². The van der Waals surface area contributed by atoms with Crippen molar-refractivity contribution in [3.05, 3.63) is 75.8 Å². The summed E-state index contributed by atoms with van der Waals surface area (Å²) in [4.78, 5) is 26.9. The second kappa shape index (κ2) is 8.32. The largest absolute Gasteiger partial charge is 0.354 e. The van der Waals surface area contributed by atoms with Gasteiger partial charge in [0.25, 0.3) is 5.91 Å². The highest BCUT2D eigenvalue weighted by Gasteiger charge is 2.40. The van der Waals surface area contributed by atoms with Gasteiger partial charge >= 0.3 is 0 Å². The third-order valence-electron chi connectivity index (χ3n) is 4.74. The van der Waals surface area contributed by atoms with Gasteiger partial charge in [0.05, 0.1) is 5.25 Å². The minimum absolute atomic E-state index is 0.0488. The lowest BCUT2D eigenvalue weighted by Gasteiger charge is -2.18. The Morgan fingerprint density at radius 2 is 1.89 bits per heavy atom. The number of carbonyl (C=O) groups is 2. The molecular weight excluding hydrogens is 370 g/mol. The normalized spacial score (nSPS) is 18.0. The van der Waals surface area contributed by atoms with Gasteiger partial charge < -0.3 is 5.32 Å². The predicted octanol–water partition coefficient (Wildman–Crippen LogP) is 3.48. The molecule has 3 rings (SSSR count). The summed E-state index contributed by atoms with van der Waals surface area (Å²) in [5, 5.41) is 12.0. The van der Waals surface area contributed by atoms with Crippen LogP contribution in [0.25, 0.3) is 0 Å². The summed E-state index contributed by atoms with van der Waals surface area (Å²) >= 11 is 1.28. The number of thioether (sulfide) groups is 1. The molecule has 0 aromatic heterocycles. The Morgan fingerprint density at radius 3 is 2.50 bits per heavy atom. The van der Waals surface area contributed by atoms with E-state index in [0.29, 0.717) is 17.1 Å². The van der Waals surface area contributed by atoms with Gasteiger partial charge in [-0.05, 0) is 49.1 Å². The Morgan fingerprint density at radius 1 is 1.18 bits per heavy atom. The van der Waals surface area contributed by atoms with Gasteiger partial charge in [-0.3, -0.25) is 14.5 Å². The van der Waals surface area contributed by atoms with Crippen molar-refractivity contribution in [2.45, 2.75) is 25.5 Å². The summed E-state index contributed by atoms with van der Waals surface area (Å²) in [6.45, 7) is 4.10. The van der Waals surface area contributed by atoms with Crippen molar-refractivity contribution in [3.63, 3.8) is 0 Å². The molecule has 0 unspecified atom stereocenters. The number of hydrogen-bond acceptors (Lipinski definition) is 4. The summed E-state index contributed by atoms with van der Waals surface area (Å²) in [5.41, 5.74) is 4.03. The fourth-order valence-corrected chi connectivity index (χ4v) is 4.38. The SMILES string of the molecule is CNC(=O)/C(C#N)=C1\S[C@@H](Cc2ccc(C)c(C)c2)C(=O)N1c1ccccc1. The van der Waals surface area contributed by atoms with Crippen molar-refractivity contribution < 1.29 is 9.59 Å². The predicted molar refractivity (Wildman–Crippen MR) is 112 cm³/mol. The molecular formula is C22H21N3O2S. The molecule has 142 valence electrons. The lowest BCUT2D eigenvalue weighted by molar-refractivity contribution is -0.117. The topological polar surface area (TPSA) is 73.2 Å². The highest BCUT2D eigenvalue weighted by Crippen LogP contribution is 2.41. The summed E-state index contributed by atoms with van der Waals surface area (Å²) < 4.78 is 0. The monoisotopic (exact) mass is 391 g/mol. The number of hydrogen-bond donors (Lipinski definition) is 1. The van der Waals surface area contributed by atoms with E-state index in [0.717, 1.165) is 5.56 Å². The Balaban J connectivity index is 2.02. The van der Waals surface area contributed by atoms with Crippen LogP contribution in [-0.4, -0.2) is 24.1 Å². The fraction of sp³-hybridized carbons (Fsp3) is 0.227. The Bertz CT molecular complexity index is 993. The summed E-state index contributed by atoms with van der Waals surface area (Å²) in [5.74, 6) is -0.619. The molecule has 1 fully saturated rings. The molecule has 1 aliphatic heterocycles. The Labute approximate surface area is 169 Å². The average molecular weight is 391 g/mol. The van der Waals surface area contributed by atoms with E-state index in [2.05, 4.69) is 18.3 Å². The first-order valence-corrected chi connectivity index (χ1v) is 9.82. The molecule has 0 spiro atoms. The second-order valence-electron chi connectivity index (χ2n) is 6.61. The number of para-hydroxylation sites is 1. The summed E-state index contributed by atoms with van der Waals surface area (Å²) in [6.07, 6.45) is 0.532. The lowest BCUT2D eigenvalue weighted by Crippen LogP contribution is -2.31. The van der Waals surface area contributed by atoms with Crippen molar-refractivity contribution in [2.75, 3.05) is 11.9 Å². The van der Waals surface area contributed by atoms with Crippen LogP contribution in [0.3, 0.4) is 0 Å². The number of carbonyl (C=O) groups excluding carboxylic acids is 2. The quantitative estimate of drug-likeness (QED) is 0.640. The molecule has 2 aromatic rings. The maximum Gasteiger partial charge on any atom is 0.264 e. The standard InChI is InChI=1S/C22H21N3O2S/c1-14-9-10-16(11-15(14)2)12-19-21(27)25(17-7-5-4-6-8-17)22(28-19)18(13-23)20(26)24-3/h4-11,19H,12H2,1-3H3,(H,24,26)/b22-18-/t19-/m0/s1. The van der Waals surface area contributed by atoms with Crippen LogP contribution in [0.15, 0.2) is 59.1 Å². The third kappa shape index (κ3) is 3.80. The molecule has 0 saturated carbocycles. The number of nitrogens with one attached hydrogen (secondary N) is 1. The molecule has 28 heavy (non-hydrogen) atoms. The molecule has 0 aliphatic carbocycles. The number of nitrogens with zero attached hydrogens (tertiary/aromatic N) is 2. The zero-order valence-corrected chi connectivity index (χ0v) is 16.8. The van der Waals surface area contributed by atoms with Gasteiger partial charge in [0.1, 0.15) is 16.7 Å². The summed E-state index contributed by atoms with van der Waals surface area (Å²) in [7, 11) is 1.47. The first-order valence-electron chi connectivity index (χ1n) is 8.94. The first kappa shape index (κ1) is 19.7. The maximum atomic E-state index is 13.2. The molecule has 1 atom stereocenters. The van der Waals surface area contributed by atoms with Gasteiger partial charge in [-0.1, -0.05) is 48.2 Å². The second-order valence-corrected chi connectivity index (χ2v) is 7.80. The number of nitriles is 1. The Hall–Kier alpha value is -3.04. The highest BCUT2D eigenvalue weighted by molar-refractivity contribution is 8.05. The molecule has 6 heteroatoms. The number of anilines is 1.